The average Bonchev–Trinajstić information content (AvgIpc) is 2.28. The first-order valence-electron chi connectivity index (χ1n) is 5.78. The molecule has 2 rings (SSSR count). The molecule has 1 N–H and O–H groups in total. The van der Waals surface area contributed by atoms with Crippen molar-refractivity contribution >= 4 is 0 Å². The molecule has 0 aliphatic heterocycles. The van der Waals surface area contributed by atoms with Crippen molar-refractivity contribution in [1.29, 1.82) is 0 Å². The topological polar surface area (TPSA) is 45.8 Å². The second-order valence-electron chi connectivity index (χ2n) is 4.21. The summed E-state index contributed by atoms with van der Waals surface area (Å²) in [6.07, 6.45) is 0.766. The maximum Gasteiger partial charge on any atom is 0.251 e. The van der Waals surface area contributed by atoms with Gasteiger partial charge < -0.3 is 4.98 Å². The first kappa shape index (κ1) is 11.6. The van der Waals surface area contributed by atoms with Crippen molar-refractivity contribution in [3.63, 3.8) is 0 Å². The monoisotopic (exact) mass is 228 g/mol. The lowest BCUT2D eigenvalue weighted by atomic mass is 10.0. The Morgan fingerprint density at radius 3 is 2.47 bits per heavy atom. The number of nitrogens with zero attached hydrogens (tertiary/aromatic N) is 1. The standard InChI is InChI=1S/C14H16N2O/c1-4-11-8-12(17)16-14(15-11)13-9(2)6-5-7-10(13)3/h5-8H,4H2,1-3H3,(H,15,16,17). The predicted octanol–water partition coefficient (Wildman–Crippen LogP) is 2.62. The Bertz CT molecular complexity index is 579. The van der Waals surface area contributed by atoms with Crippen molar-refractivity contribution in [3.05, 3.63) is 51.4 Å². The van der Waals surface area contributed by atoms with Gasteiger partial charge in [-0.15, -0.1) is 0 Å². The van der Waals surface area contributed by atoms with Gasteiger partial charge in [0.25, 0.3) is 5.56 Å². The summed E-state index contributed by atoms with van der Waals surface area (Å²) in [5.41, 5.74) is 4.02. The quantitative estimate of drug-likeness (QED) is 0.858. The van der Waals surface area contributed by atoms with Crippen LogP contribution in [0.25, 0.3) is 11.4 Å². The van der Waals surface area contributed by atoms with Crippen molar-refractivity contribution in [2.75, 3.05) is 0 Å². The first-order chi connectivity index (χ1) is 8.11. The Kier molecular flexibility index (Phi) is 3.09. The zero-order valence-corrected chi connectivity index (χ0v) is 10.4. The zero-order valence-electron chi connectivity index (χ0n) is 10.4. The Morgan fingerprint density at radius 2 is 1.88 bits per heavy atom. The number of aromatic nitrogens is 2. The number of aryl methyl sites for hydroxylation is 3. The summed E-state index contributed by atoms with van der Waals surface area (Å²) in [4.78, 5) is 18.9. The molecule has 0 aliphatic carbocycles. The SMILES string of the molecule is CCc1cc(=O)[nH]c(-c2c(C)cccc2C)n1. The van der Waals surface area contributed by atoms with E-state index < -0.39 is 0 Å². The fourth-order valence-electron chi connectivity index (χ4n) is 2.00. The molecular formula is C14H16N2O. The van der Waals surface area contributed by atoms with E-state index in [9.17, 15) is 4.79 Å². The minimum absolute atomic E-state index is 0.0884. The van der Waals surface area contributed by atoms with Crippen molar-refractivity contribution in [3.8, 4) is 11.4 Å². The molecule has 0 aliphatic rings. The van der Waals surface area contributed by atoms with Crippen LogP contribution >= 0.6 is 0 Å². The van der Waals surface area contributed by atoms with Crippen molar-refractivity contribution in [2.24, 2.45) is 0 Å². The first-order valence-corrected chi connectivity index (χ1v) is 5.78. The summed E-state index contributed by atoms with van der Waals surface area (Å²) in [6, 6.07) is 7.62. The fraction of sp³-hybridized carbons (Fsp3) is 0.286. The smallest absolute Gasteiger partial charge is 0.251 e. The maximum atomic E-state index is 11.6. The predicted molar refractivity (Wildman–Crippen MR) is 69.1 cm³/mol. The van der Waals surface area contributed by atoms with Gasteiger partial charge in [0.15, 0.2) is 0 Å². The van der Waals surface area contributed by atoms with E-state index in [1.54, 1.807) is 6.07 Å². The zero-order chi connectivity index (χ0) is 12.4. The highest BCUT2D eigenvalue weighted by molar-refractivity contribution is 5.64. The molecule has 1 heterocycles. The molecule has 0 saturated heterocycles. The van der Waals surface area contributed by atoms with Gasteiger partial charge in [0.1, 0.15) is 5.82 Å². The molecule has 2 aromatic rings. The summed E-state index contributed by atoms with van der Waals surface area (Å²) in [7, 11) is 0. The molecule has 1 aromatic heterocycles. The molecule has 0 spiro atoms. The summed E-state index contributed by atoms with van der Waals surface area (Å²) in [6.45, 7) is 6.05. The molecular weight excluding hydrogens is 212 g/mol. The lowest BCUT2D eigenvalue weighted by Crippen LogP contribution is -2.10. The Morgan fingerprint density at radius 1 is 1.24 bits per heavy atom. The van der Waals surface area contributed by atoms with Gasteiger partial charge in [0.05, 0.1) is 0 Å². The summed E-state index contributed by atoms with van der Waals surface area (Å²) in [5.74, 6) is 0.671. The number of rotatable bonds is 2. The van der Waals surface area contributed by atoms with Gasteiger partial charge in [-0.1, -0.05) is 25.1 Å². The van der Waals surface area contributed by atoms with E-state index >= 15 is 0 Å². The number of aromatic amines is 1. The van der Waals surface area contributed by atoms with E-state index in [1.165, 1.54) is 0 Å². The molecule has 0 atom stereocenters. The van der Waals surface area contributed by atoms with E-state index in [1.807, 2.05) is 39.0 Å². The number of nitrogens with one attached hydrogen (secondary N) is 1. The Labute approximate surface area is 101 Å². The van der Waals surface area contributed by atoms with Crippen LogP contribution in [0.5, 0.6) is 0 Å². The minimum atomic E-state index is -0.0884. The van der Waals surface area contributed by atoms with Crippen LogP contribution in [0.1, 0.15) is 23.7 Å². The molecule has 17 heavy (non-hydrogen) atoms. The van der Waals surface area contributed by atoms with Crippen molar-refractivity contribution in [2.45, 2.75) is 27.2 Å². The van der Waals surface area contributed by atoms with Gasteiger partial charge in [-0.2, -0.15) is 0 Å². The van der Waals surface area contributed by atoms with E-state index in [-0.39, 0.29) is 5.56 Å². The second kappa shape index (κ2) is 4.53. The van der Waals surface area contributed by atoms with Gasteiger partial charge in [-0.3, -0.25) is 4.79 Å². The Hall–Kier alpha value is -1.90. The van der Waals surface area contributed by atoms with Gasteiger partial charge in [-0.05, 0) is 31.4 Å². The van der Waals surface area contributed by atoms with Crippen LogP contribution in [0, 0.1) is 13.8 Å². The fourth-order valence-corrected chi connectivity index (χ4v) is 2.00. The van der Waals surface area contributed by atoms with Crippen LogP contribution in [0.15, 0.2) is 29.1 Å². The minimum Gasteiger partial charge on any atom is -0.306 e. The maximum absolute atomic E-state index is 11.6. The van der Waals surface area contributed by atoms with E-state index in [4.69, 9.17) is 0 Å². The molecule has 3 nitrogen and oxygen atoms in total. The van der Waals surface area contributed by atoms with Gasteiger partial charge in [0.2, 0.25) is 0 Å². The number of benzene rings is 1. The van der Waals surface area contributed by atoms with Gasteiger partial charge in [-0.25, -0.2) is 4.98 Å². The third kappa shape index (κ3) is 2.28. The molecule has 3 heteroatoms. The molecule has 0 fully saturated rings. The van der Waals surface area contributed by atoms with Crippen LogP contribution in [0.2, 0.25) is 0 Å². The molecule has 0 amide bonds. The van der Waals surface area contributed by atoms with Crippen LogP contribution < -0.4 is 5.56 Å². The largest absolute Gasteiger partial charge is 0.306 e. The molecule has 0 saturated carbocycles. The van der Waals surface area contributed by atoms with Crippen LogP contribution in [-0.4, -0.2) is 9.97 Å². The van der Waals surface area contributed by atoms with E-state index in [2.05, 4.69) is 9.97 Å². The number of hydrogen-bond acceptors (Lipinski definition) is 2. The molecule has 0 unspecified atom stereocenters. The highest BCUT2D eigenvalue weighted by atomic mass is 16.1. The van der Waals surface area contributed by atoms with Crippen LogP contribution in [0.4, 0.5) is 0 Å². The van der Waals surface area contributed by atoms with Crippen molar-refractivity contribution < 1.29 is 0 Å². The Balaban J connectivity index is 2.68. The van der Waals surface area contributed by atoms with Gasteiger partial charge in [0, 0.05) is 17.3 Å². The van der Waals surface area contributed by atoms with E-state index in [0.717, 1.165) is 28.8 Å². The number of H-pyrrole nitrogens is 1. The van der Waals surface area contributed by atoms with E-state index in [0.29, 0.717) is 5.82 Å². The summed E-state index contributed by atoms with van der Waals surface area (Å²) < 4.78 is 0. The third-order valence-electron chi connectivity index (χ3n) is 2.87. The van der Waals surface area contributed by atoms with Crippen LogP contribution in [0.3, 0.4) is 0 Å². The molecule has 1 aromatic carbocycles. The summed E-state index contributed by atoms with van der Waals surface area (Å²) >= 11 is 0. The molecule has 0 bridgehead atoms. The van der Waals surface area contributed by atoms with Crippen molar-refractivity contribution in [1.82, 2.24) is 9.97 Å². The average molecular weight is 228 g/mol. The normalized spacial score (nSPS) is 10.5. The molecule has 88 valence electrons. The summed E-state index contributed by atoms with van der Waals surface area (Å²) in [5, 5.41) is 0. The van der Waals surface area contributed by atoms with Crippen LogP contribution in [-0.2, 0) is 6.42 Å². The highest BCUT2D eigenvalue weighted by Gasteiger charge is 2.08. The number of hydrogen-bond donors (Lipinski definition) is 1. The lowest BCUT2D eigenvalue weighted by molar-refractivity contribution is 0.984. The van der Waals surface area contributed by atoms with Gasteiger partial charge >= 0.3 is 0 Å². The lowest BCUT2D eigenvalue weighted by Gasteiger charge is -2.09. The molecule has 0 radical (unpaired) electrons. The second-order valence-corrected chi connectivity index (χ2v) is 4.21. The third-order valence-corrected chi connectivity index (χ3v) is 2.87. The highest BCUT2D eigenvalue weighted by Crippen LogP contribution is 2.23.